The number of hydrogen-bond acceptors (Lipinski definition) is 2. The predicted molar refractivity (Wildman–Crippen MR) is 57.6 cm³/mol. The fraction of sp³-hybridized carbons (Fsp3) is 0.333. The third-order valence-electron chi connectivity index (χ3n) is 2.53. The van der Waals surface area contributed by atoms with Crippen molar-refractivity contribution in [3.05, 3.63) is 42.5 Å². The van der Waals surface area contributed by atoms with Gasteiger partial charge in [0.15, 0.2) is 0 Å². The van der Waals surface area contributed by atoms with E-state index in [9.17, 15) is 5.11 Å². The molecule has 0 saturated heterocycles. The van der Waals surface area contributed by atoms with Crippen molar-refractivity contribution in [3.63, 3.8) is 0 Å². The summed E-state index contributed by atoms with van der Waals surface area (Å²) in [4.78, 5) is 0. The minimum Gasteiger partial charge on any atom is -0.497 e. The van der Waals surface area contributed by atoms with E-state index in [1.165, 1.54) is 0 Å². The first-order valence-electron chi connectivity index (χ1n) is 4.55. The lowest BCUT2D eigenvalue weighted by atomic mass is 9.83. The lowest BCUT2D eigenvalue weighted by Gasteiger charge is -2.23. The molecule has 14 heavy (non-hydrogen) atoms. The van der Waals surface area contributed by atoms with Crippen LogP contribution in [0.5, 0.6) is 5.75 Å². The van der Waals surface area contributed by atoms with Crippen molar-refractivity contribution >= 4 is 0 Å². The van der Waals surface area contributed by atoms with E-state index in [1.807, 2.05) is 31.2 Å². The zero-order valence-corrected chi connectivity index (χ0v) is 8.66. The number of benzene rings is 1. The maximum absolute atomic E-state index is 9.26. The maximum Gasteiger partial charge on any atom is 0.118 e. The van der Waals surface area contributed by atoms with Crippen molar-refractivity contribution in [2.75, 3.05) is 13.7 Å². The van der Waals surface area contributed by atoms with E-state index in [0.717, 1.165) is 11.3 Å². The summed E-state index contributed by atoms with van der Waals surface area (Å²) in [5.74, 6) is 0.818. The van der Waals surface area contributed by atoms with Gasteiger partial charge < -0.3 is 9.84 Å². The smallest absolute Gasteiger partial charge is 0.118 e. The summed E-state index contributed by atoms with van der Waals surface area (Å²) in [5, 5.41) is 9.26. The highest BCUT2D eigenvalue weighted by Crippen LogP contribution is 2.25. The molecule has 0 amide bonds. The average molecular weight is 192 g/mol. The van der Waals surface area contributed by atoms with Gasteiger partial charge in [-0.05, 0) is 24.6 Å². The second-order valence-electron chi connectivity index (χ2n) is 3.51. The monoisotopic (exact) mass is 192 g/mol. The normalized spacial score (nSPS) is 14.5. The molecule has 2 nitrogen and oxygen atoms in total. The minimum absolute atomic E-state index is 0.0584. The molecule has 0 aliphatic carbocycles. The van der Waals surface area contributed by atoms with Gasteiger partial charge in [0.1, 0.15) is 5.75 Å². The Bertz CT molecular complexity index is 303. The molecule has 0 spiro atoms. The Hall–Kier alpha value is -1.28. The second-order valence-corrected chi connectivity index (χ2v) is 3.51. The molecule has 0 fully saturated rings. The first kappa shape index (κ1) is 10.8. The highest BCUT2D eigenvalue weighted by molar-refractivity contribution is 5.34. The van der Waals surface area contributed by atoms with Crippen LogP contribution in [0, 0.1) is 0 Å². The van der Waals surface area contributed by atoms with Crippen LogP contribution in [0.15, 0.2) is 36.9 Å². The zero-order chi connectivity index (χ0) is 10.6. The fourth-order valence-electron chi connectivity index (χ4n) is 1.25. The molecule has 1 atom stereocenters. The maximum atomic E-state index is 9.26. The Labute approximate surface area is 84.8 Å². The summed E-state index contributed by atoms with van der Waals surface area (Å²) in [6.45, 7) is 5.74. The van der Waals surface area contributed by atoms with Crippen molar-refractivity contribution in [2.24, 2.45) is 0 Å². The lowest BCUT2D eigenvalue weighted by molar-refractivity contribution is 0.236. The van der Waals surface area contributed by atoms with Gasteiger partial charge in [-0.15, -0.1) is 6.58 Å². The quantitative estimate of drug-likeness (QED) is 0.740. The zero-order valence-electron chi connectivity index (χ0n) is 8.66. The van der Waals surface area contributed by atoms with E-state index in [2.05, 4.69) is 6.58 Å². The summed E-state index contributed by atoms with van der Waals surface area (Å²) in [7, 11) is 1.63. The molecule has 0 aliphatic rings. The van der Waals surface area contributed by atoms with Crippen molar-refractivity contribution in [1.82, 2.24) is 0 Å². The van der Waals surface area contributed by atoms with Gasteiger partial charge in [-0.25, -0.2) is 0 Å². The number of ether oxygens (including phenoxy) is 1. The molecule has 0 unspecified atom stereocenters. The highest BCUT2D eigenvalue weighted by Gasteiger charge is 2.21. The molecule has 0 aliphatic heterocycles. The van der Waals surface area contributed by atoms with E-state index in [-0.39, 0.29) is 12.0 Å². The van der Waals surface area contributed by atoms with Crippen molar-refractivity contribution in [3.8, 4) is 5.75 Å². The first-order valence-corrected chi connectivity index (χ1v) is 4.55. The lowest BCUT2D eigenvalue weighted by Crippen LogP contribution is -2.23. The topological polar surface area (TPSA) is 29.5 Å². The van der Waals surface area contributed by atoms with Gasteiger partial charge in [0, 0.05) is 5.41 Å². The molecule has 0 aromatic heterocycles. The van der Waals surface area contributed by atoms with Crippen LogP contribution < -0.4 is 4.74 Å². The van der Waals surface area contributed by atoms with Crippen molar-refractivity contribution < 1.29 is 9.84 Å². The Kier molecular flexibility index (Phi) is 3.31. The minimum atomic E-state index is -0.369. The van der Waals surface area contributed by atoms with Crippen LogP contribution >= 0.6 is 0 Å². The molecule has 1 rings (SSSR count). The summed E-state index contributed by atoms with van der Waals surface area (Å²) in [6, 6.07) is 7.65. The number of aliphatic hydroxyl groups is 1. The Morgan fingerprint density at radius 2 is 2.00 bits per heavy atom. The van der Waals surface area contributed by atoms with Crippen LogP contribution in [-0.2, 0) is 5.41 Å². The van der Waals surface area contributed by atoms with Crippen LogP contribution in [-0.4, -0.2) is 18.8 Å². The fourth-order valence-corrected chi connectivity index (χ4v) is 1.25. The van der Waals surface area contributed by atoms with Crippen LogP contribution in [0.2, 0.25) is 0 Å². The highest BCUT2D eigenvalue weighted by atomic mass is 16.5. The number of rotatable bonds is 4. The molecular formula is C12H16O2. The third kappa shape index (κ3) is 1.96. The summed E-state index contributed by atoms with van der Waals surface area (Å²) in [6.07, 6.45) is 1.76. The third-order valence-corrected chi connectivity index (χ3v) is 2.53. The summed E-state index contributed by atoms with van der Waals surface area (Å²) in [5.41, 5.74) is 0.669. The van der Waals surface area contributed by atoms with E-state index >= 15 is 0 Å². The Morgan fingerprint density at radius 3 is 2.36 bits per heavy atom. The van der Waals surface area contributed by atoms with Gasteiger partial charge in [-0.2, -0.15) is 0 Å². The van der Waals surface area contributed by atoms with Gasteiger partial charge in [-0.3, -0.25) is 0 Å². The van der Waals surface area contributed by atoms with E-state index < -0.39 is 0 Å². The first-order chi connectivity index (χ1) is 6.66. The molecule has 1 N–H and O–H groups in total. The molecule has 0 saturated carbocycles. The van der Waals surface area contributed by atoms with Gasteiger partial charge >= 0.3 is 0 Å². The Morgan fingerprint density at radius 1 is 1.43 bits per heavy atom. The number of hydrogen-bond donors (Lipinski definition) is 1. The van der Waals surface area contributed by atoms with Gasteiger partial charge in [0.2, 0.25) is 0 Å². The molecule has 76 valence electrons. The van der Waals surface area contributed by atoms with Crippen LogP contribution in [0.3, 0.4) is 0 Å². The second kappa shape index (κ2) is 4.29. The molecule has 2 heteroatoms. The van der Waals surface area contributed by atoms with Gasteiger partial charge in [0.25, 0.3) is 0 Å². The van der Waals surface area contributed by atoms with Crippen LogP contribution in [0.4, 0.5) is 0 Å². The van der Waals surface area contributed by atoms with Crippen molar-refractivity contribution in [2.45, 2.75) is 12.3 Å². The summed E-state index contributed by atoms with van der Waals surface area (Å²) < 4.78 is 5.06. The van der Waals surface area contributed by atoms with Gasteiger partial charge in [0.05, 0.1) is 13.7 Å². The largest absolute Gasteiger partial charge is 0.497 e. The van der Waals surface area contributed by atoms with Gasteiger partial charge in [-0.1, -0.05) is 18.2 Å². The molecule has 0 radical (unpaired) electrons. The molecule has 1 aromatic rings. The number of aliphatic hydroxyl groups excluding tert-OH is 1. The van der Waals surface area contributed by atoms with E-state index in [4.69, 9.17) is 4.74 Å². The standard InChI is InChI=1S/C12H16O2/c1-4-12(2,9-13)10-5-7-11(14-3)8-6-10/h4-8,13H,1,9H2,2-3H3/t12-/m0/s1. The molecular weight excluding hydrogens is 176 g/mol. The molecule has 0 heterocycles. The van der Waals surface area contributed by atoms with Crippen LogP contribution in [0.1, 0.15) is 12.5 Å². The SMILES string of the molecule is C=C[C@@](C)(CO)c1ccc(OC)cc1. The van der Waals surface area contributed by atoms with E-state index in [1.54, 1.807) is 13.2 Å². The number of methoxy groups -OCH3 is 1. The summed E-state index contributed by atoms with van der Waals surface area (Å²) >= 11 is 0. The van der Waals surface area contributed by atoms with Crippen molar-refractivity contribution in [1.29, 1.82) is 0 Å². The average Bonchev–Trinajstić information content (AvgIpc) is 2.28. The molecule has 0 bridgehead atoms. The van der Waals surface area contributed by atoms with E-state index in [0.29, 0.717) is 0 Å². The molecule has 1 aromatic carbocycles. The van der Waals surface area contributed by atoms with Crippen LogP contribution in [0.25, 0.3) is 0 Å². The Balaban J connectivity index is 3.01. The predicted octanol–water partition coefficient (Wildman–Crippen LogP) is 2.13.